The Kier molecular flexibility index (Phi) is 11.7. The number of amides is 4. The van der Waals surface area contributed by atoms with E-state index in [2.05, 4.69) is 20.9 Å². The summed E-state index contributed by atoms with van der Waals surface area (Å²) in [5, 5.41) is 8.36. The molecule has 33 heavy (non-hydrogen) atoms. The van der Waals surface area contributed by atoms with Crippen molar-refractivity contribution in [3.8, 4) is 0 Å². The number of nitrogens with two attached hydrogens (primary N) is 2. The van der Waals surface area contributed by atoms with Gasteiger partial charge < -0.3 is 32.3 Å². The van der Waals surface area contributed by atoms with Gasteiger partial charge in [0.05, 0.1) is 0 Å². The van der Waals surface area contributed by atoms with Crippen molar-refractivity contribution >= 4 is 29.6 Å². The first kappa shape index (κ1) is 28.2. The van der Waals surface area contributed by atoms with Gasteiger partial charge in [0.1, 0.15) is 18.1 Å². The van der Waals surface area contributed by atoms with Crippen molar-refractivity contribution in [1.29, 1.82) is 0 Å². The van der Waals surface area contributed by atoms with Gasteiger partial charge in [-0.2, -0.15) is 0 Å². The van der Waals surface area contributed by atoms with Crippen molar-refractivity contribution < 1.29 is 19.2 Å². The van der Waals surface area contributed by atoms with E-state index in [1.54, 1.807) is 4.90 Å². The van der Waals surface area contributed by atoms with Crippen LogP contribution >= 0.6 is 0 Å². The molecule has 0 saturated carbocycles. The minimum absolute atomic E-state index is 0.0425. The molecule has 1 heterocycles. The molecule has 188 valence electrons. The van der Waals surface area contributed by atoms with E-state index in [9.17, 15) is 19.2 Å². The maximum Gasteiger partial charge on any atom is 0.245 e. The van der Waals surface area contributed by atoms with E-state index in [4.69, 9.17) is 11.5 Å². The smallest absolute Gasteiger partial charge is 0.245 e. The minimum atomic E-state index is -0.862. The van der Waals surface area contributed by atoms with Crippen LogP contribution < -0.4 is 27.4 Å². The molecule has 1 aliphatic rings. The van der Waals surface area contributed by atoms with Crippen LogP contribution in [0.25, 0.3) is 0 Å². The van der Waals surface area contributed by atoms with Crippen molar-refractivity contribution in [2.75, 3.05) is 13.1 Å². The first-order valence-corrected chi connectivity index (χ1v) is 11.7. The quantitative estimate of drug-likeness (QED) is 0.148. The van der Waals surface area contributed by atoms with Gasteiger partial charge >= 0.3 is 0 Å². The van der Waals surface area contributed by atoms with Crippen molar-refractivity contribution in [3.63, 3.8) is 0 Å². The van der Waals surface area contributed by atoms with E-state index in [0.29, 0.717) is 45.2 Å². The van der Waals surface area contributed by atoms with Crippen LogP contribution in [0.2, 0.25) is 0 Å². The second kappa shape index (κ2) is 13.6. The average molecular weight is 468 g/mol. The number of hydrogen-bond donors (Lipinski definition) is 5. The highest BCUT2D eigenvalue weighted by Gasteiger charge is 2.38. The summed E-state index contributed by atoms with van der Waals surface area (Å²) in [5.41, 5.74) is 10.7. The topological polar surface area (TPSA) is 172 Å². The molecule has 0 bridgehead atoms. The first-order chi connectivity index (χ1) is 15.5. The fraction of sp³-hybridized carbons (Fsp3) is 0.773. The largest absolute Gasteiger partial charge is 0.370 e. The Morgan fingerprint density at radius 2 is 1.76 bits per heavy atom. The number of carbonyl (C=O) groups excluding carboxylic acids is 4. The zero-order chi connectivity index (χ0) is 25.1. The van der Waals surface area contributed by atoms with Crippen LogP contribution in [0.4, 0.5) is 0 Å². The average Bonchev–Trinajstić information content (AvgIpc) is 3.22. The maximum atomic E-state index is 13.5. The fourth-order valence-corrected chi connectivity index (χ4v) is 3.83. The van der Waals surface area contributed by atoms with Crippen molar-refractivity contribution in [3.05, 3.63) is 0 Å². The molecule has 0 aromatic heterocycles. The fourth-order valence-electron chi connectivity index (χ4n) is 3.83. The minimum Gasteiger partial charge on any atom is -0.370 e. The third-order valence-electron chi connectivity index (χ3n) is 5.68. The van der Waals surface area contributed by atoms with Gasteiger partial charge in [0.25, 0.3) is 0 Å². The van der Waals surface area contributed by atoms with Gasteiger partial charge in [-0.3, -0.25) is 24.2 Å². The van der Waals surface area contributed by atoms with Crippen LogP contribution in [0.5, 0.6) is 0 Å². The lowest BCUT2D eigenvalue weighted by Gasteiger charge is -2.31. The molecule has 0 spiro atoms. The van der Waals surface area contributed by atoms with E-state index < -0.39 is 24.0 Å². The second-order valence-corrected chi connectivity index (χ2v) is 8.93. The summed E-state index contributed by atoms with van der Waals surface area (Å²) < 4.78 is 0. The van der Waals surface area contributed by atoms with Crippen molar-refractivity contribution in [2.24, 2.45) is 22.4 Å². The maximum absolute atomic E-state index is 13.5. The van der Waals surface area contributed by atoms with Gasteiger partial charge in [-0.1, -0.05) is 20.3 Å². The Morgan fingerprint density at radius 3 is 2.30 bits per heavy atom. The van der Waals surface area contributed by atoms with Crippen LogP contribution in [-0.4, -0.2) is 71.7 Å². The van der Waals surface area contributed by atoms with Crippen LogP contribution in [-0.2, 0) is 19.2 Å². The number of hydrogen-bond acceptors (Lipinski definition) is 5. The zero-order valence-electron chi connectivity index (χ0n) is 20.5. The Balaban J connectivity index is 3.05. The summed E-state index contributed by atoms with van der Waals surface area (Å²) in [7, 11) is 0. The summed E-state index contributed by atoms with van der Waals surface area (Å²) in [4.78, 5) is 56.3. The monoisotopic (exact) mass is 467 g/mol. The molecule has 0 aliphatic carbocycles. The third kappa shape index (κ3) is 9.27. The van der Waals surface area contributed by atoms with Crippen LogP contribution in [0.15, 0.2) is 4.99 Å². The molecule has 4 amide bonds. The molecule has 4 atom stereocenters. The van der Waals surface area contributed by atoms with Crippen molar-refractivity contribution in [1.82, 2.24) is 20.9 Å². The molecule has 0 aromatic rings. The van der Waals surface area contributed by atoms with Gasteiger partial charge in [0, 0.05) is 26.1 Å². The molecule has 1 fully saturated rings. The molecule has 11 nitrogen and oxygen atoms in total. The molecule has 1 saturated heterocycles. The van der Waals surface area contributed by atoms with Gasteiger partial charge in [-0.15, -0.1) is 0 Å². The Morgan fingerprint density at radius 1 is 1.09 bits per heavy atom. The van der Waals surface area contributed by atoms with E-state index in [-0.39, 0.29) is 35.6 Å². The predicted octanol–water partition coefficient (Wildman–Crippen LogP) is -0.409. The normalized spacial score (nSPS) is 18.2. The van der Waals surface area contributed by atoms with Crippen LogP contribution in [0.3, 0.4) is 0 Å². The van der Waals surface area contributed by atoms with E-state index >= 15 is 0 Å². The second-order valence-electron chi connectivity index (χ2n) is 8.93. The molecule has 0 radical (unpaired) electrons. The number of nitrogens with zero attached hydrogens (tertiary/aromatic N) is 2. The number of aliphatic imine (C=N–C) groups is 1. The predicted molar refractivity (Wildman–Crippen MR) is 127 cm³/mol. The number of nitrogens with one attached hydrogen (secondary N) is 3. The van der Waals surface area contributed by atoms with Gasteiger partial charge in [0.2, 0.25) is 23.6 Å². The Labute approximate surface area is 196 Å². The van der Waals surface area contributed by atoms with Crippen LogP contribution in [0.1, 0.15) is 66.7 Å². The summed E-state index contributed by atoms with van der Waals surface area (Å²) in [6.07, 6.45) is 2.70. The van der Waals surface area contributed by atoms with E-state index in [1.807, 2.05) is 27.7 Å². The third-order valence-corrected chi connectivity index (χ3v) is 5.68. The summed E-state index contributed by atoms with van der Waals surface area (Å²) in [6.45, 7) is 9.61. The number of rotatable bonds is 12. The summed E-state index contributed by atoms with van der Waals surface area (Å²) in [5.74, 6) is -1.44. The molecule has 11 heteroatoms. The van der Waals surface area contributed by atoms with Crippen molar-refractivity contribution in [2.45, 2.75) is 90.9 Å². The van der Waals surface area contributed by atoms with E-state index in [1.165, 1.54) is 6.92 Å². The summed E-state index contributed by atoms with van der Waals surface area (Å²) in [6, 6.07) is -2.24. The summed E-state index contributed by atoms with van der Waals surface area (Å²) >= 11 is 0. The van der Waals surface area contributed by atoms with Crippen LogP contribution in [0, 0.1) is 5.92 Å². The van der Waals surface area contributed by atoms with Gasteiger partial charge in [-0.25, -0.2) is 0 Å². The van der Waals surface area contributed by atoms with Gasteiger partial charge in [-0.05, 0) is 45.4 Å². The van der Waals surface area contributed by atoms with Gasteiger partial charge in [0.15, 0.2) is 5.96 Å². The standard InChI is InChI=1S/C22H41N7O4/c1-6-14(4)18(27-15(5)30)20(32)28-16(9-7-11-25-22(23)24)21(33)29-12-8-10-17(29)19(31)26-13(2)3/h13-14,16-18H,6-12H2,1-5H3,(H,26,31)(H,27,30)(H,28,32)(H4,23,24,25)/t14-,16-,17-,18-/m0/s1. The molecule has 1 aliphatic heterocycles. The highest BCUT2D eigenvalue weighted by Crippen LogP contribution is 2.20. The highest BCUT2D eigenvalue weighted by atomic mass is 16.2. The Hall–Kier alpha value is -2.85. The number of carbonyl (C=O) groups is 4. The highest BCUT2D eigenvalue weighted by molar-refractivity contribution is 5.94. The molecular weight excluding hydrogens is 426 g/mol. The lowest BCUT2D eigenvalue weighted by molar-refractivity contribution is -0.142. The number of guanidine groups is 1. The molecule has 1 rings (SSSR count). The lowest BCUT2D eigenvalue weighted by atomic mass is 9.97. The number of likely N-dealkylation sites (tertiary alicyclic amines) is 1. The van der Waals surface area contributed by atoms with E-state index in [0.717, 1.165) is 0 Å². The zero-order valence-corrected chi connectivity index (χ0v) is 20.5. The molecule has 0 unspecified atom stereocenters. The SMILES string of the molecule is CC[C@H](C)[C@H](NC(C)=O)C(=O)N[C@@H](CCCN=C(N)N)C(=O)N1CCC[C@H]1C(=O)NC(C)C. The Bertz CT molecular complexity index is 722. The molecular formula is C22H41N7O4. The molecule has 7 N–H and O–H groups in total. The lowest BCUT2D eigenvalue weighted by Crippen LogP contribution is -2.57. The molecule has 0 aromatic carbocycles. The first-order valence-electron chi connectivity index (χ1n) is 11.7.